The van der Waals surface area contributed by atoms with Gasteiger partial charge in [-0.1, -0.05) is 0 Å². The number of nitrogens with zero attached hydrogens (tertiary/aromatic N) is 1. The minimum Gasteiger partial charge on any atom is -0.480 e. The first-order chi connectivity index (χ1) is 5.48. The first kappa shape index (κ1) is 10.6. The Hall–Kier alpha value is -1.41. The van der Waals surface area contributed by atoms with Crippen LogP contribution in [0.4, 0.5) is 0 Å². The van der Waals surface area contributed by atoms with Crippen LogP contribution in [0.5, 0.6) is 0 Å². The van der Waals surface area contributed by atoms with Crippen LogP contribution in [0.3, 0.4) is 0 Å². The molecule has 0 fully saturated rings. The second-order valence-electron chi connectivity index (χ2n) is 2.54. The van der Waals surface area contributed by atoms with E-state index in [1.165, 1.54) is 13.0 Å². The van der Waals surface area contributed by atoms with Crippen LogP contribution in [-0.2, 0) is 9.59 Å². The maximum absolute atomic E-state index is 10.6. The maximum Gasteiger partial charge on any atom is 0.326 e. The predicted molar refractivity (Wildman–Crippen MR) is 38.1 cm³/mol. The van der Waals surface area contributed by atoms with Crippen LogP contribution in [0.15, 0.2) is 0 Å². The number of carboxylic acids is 1. The van der Waals surface area contributed by atoms with Crippen LogP contribution in [0.1, 0.15) is 13.3 Å². The van der Waals surface area contributed by atoms with Gasteiger partial charge in [0.2, 0.25) is 0 Å². The fourth-order valence-electron chi connectivity index (χ4n) is 0.747. The van der Waals surface area contributed by atoms with Gasteiger partial charge in [0.1, 0.15) is 5.78 Å². The summed E-state index contributed by atoms with van der Waals surface area (Å²) >= 11 is 0. The molecule has 2 N–H and O–H groups in total. The normalized spacial score (nSPS) is 14.4. The van der Waals surface area contributed by atoms with Gasteiger partial charge in [0.15, 0.2) is 5.41 Å². The van der Waals surface area contributed by atoms with Crippen molar-refractivity contribution in [1.82, 2.24) is 0 Å². The fraction of sp³-hybridized carbons (Fsp3) is 0.571. The summed E-state index contributed by atoms with van der Waals surface area (Å²) in [5.74, 6) is -1.91. The second kappa shape index (κ2) is 3.83. The number of hydrogen-bond donors (Lipinski definition) is 2. The van der Waals surface area contributed by atoms with Crippen molar-refractivity contribution in [2.45, 2.75) is 13.3 Å². The number of carbonyl (C=O) groups excluding carboxylic acids is 1. The van der Waals surface area contributed by atoms with Gasteiger partial charge in [-0.15, -0.1) is 0 Å². The van der Waals surface area contributed by atoms with E-state index < -0.39 is 30.2 Å². The van der Waals surface area contributed by atoms with Gasteiger partial charge in [0.05, 0.1) is 12.7 Å². The molecule has 0 amide bonds. The standard InChI is InChI=1S/C7H9NO4/c1-5(10)2-7(3-8,4-9)6(11)12/h9H,2,4H2,1H3,(H,11,12). The molecule has 0 rings (SSSR count). The van der Waals surface area contributed by atoms with Gasteiger partial charge in [-0.25, -0.2) is 0 Å². The van der Waals surface area contributed by atoms with Crippen molar-refractivity contribution in [3.05, 3.63) is 0 Å². The van der Waals surface area contributed by atoms with Crippen molar-refractivity contribution in [2.24, 2.45) is 5.41 Å². The second-order valence-corrected chi connectivity index (χ2v) is 2.54. The zero-order chi connectivity index (χ0) is 9.78. The first-order valence-electron chi connectivity index (χ1n) is 3.23. The lowest BCUT2D eigenvalue weighted by Gasteiger charge is -2.16. The molecule has 0 saturated carbocycles. The first-order valence-corrected chi connectivity index (χ1v) is 3.23. The van der Waals surface area contributed by atoms with E-state index in [-0.39, 0.29) is 0 Å². The molecule has 0 saturated heterocycles. The minimum absolute atomic E-state index is 0.437. The lowest BCUT2D eigenvalue weighted by molar-refractivity contribution is -0.149. The molecule has 0 spiro atoms. The molecule has 5 heteroatoms. The molecule has 0 radical (unpaired) electrons. The Morgan fingerprint density at radius 1 is 1.58 bits per heavy atom. The number of aliphatic hydroxyl groups is 1. The number of carbonyl (C=O) groups is 2. The average Bonchev–Trinajstić information content (AvgIpc) is 1.99. The Morgan fingerprint density at radius 2 is 2.08 bits per heavy atom. The third-order valence-electron chi connectivity index (χ3n) is 1.44. The van der Waals surface area contributed by atoms with Gasteiger partial charge in [-0.2, -0.15) is 5.26 Å². The quantitative estimate of drug-likeness (QED) is 0.597. The smallest absolute Gasteiger partial charge is 0.326 e. The van der Waals surface area contributed by atoms with Crippen LogP contribution >= 0.6 is 0 Å². The lowest BCUT2D eigenvalue weighted by Crippen LogP contribution is -2.35. The Balaban J connectivity index is 4.74. The third kappa shape index (κ3) is 2.04. The van der Waals surface area contributed by atoms with Gasteiger partial charge in [0.25, 0.3) is 0 Å². The summed E-state index contributed by atoms with van der Waals surface area (Å²) in [6.45, 7) is 0.323. The molecular formula is C7H9NO4. The number of carboxylic acid groups (broad SMARTS) is 1. The number of rotatable bonds is 4. The molecule has 0 aliphatic carbocycles. The lowest BCUT2D eigenvalue weighted by atomic mass is 9.86. The summed E-state index contributed by atoms with van der Waals surface area (Å²) < 4.78 is 0. The van der Waals surface area contributed by atoms with E-state index in [4.69, 9.17) is 15.5 Å². The van der Waals surface area contributed by atoms with E-state index in [2.05, 4.69) is 0 Å². The maximum atomic E-state index is 10.6. The van der Waals surface area contributed by atoms with Gasteiger partial charge in [0, 0.05) is 6.42 Å². The molecule has 66 valence electrons. The largest absolute Gasteiger partial charge is 0.480 e. The van der Waals surface area contributed by atoms with Crippen LogP contribution in [-0.4, -0.2) is 28.6 Å². The highest BCUT2D eigenvalue weighted by atomic mass is 16.4. The highest BCUT2D eigenvalue weighted by Gasteiger charge is 2.39. The molecule has 0 aromatic carbocycles. The topological polar surface area (TPSA) is 98.4 Å². The zero-order valence-corrected chi connectivity index (χ0v) is 6.57. The van der Waals surface area contributed by atoms with Gasteiger partial charge in [-0.3, -0.25) is 9.59 Å². The van der Waals surface area contributed by atoms with E-state index in [0.717, 1.165) is 0 Å². The van der Waals surface area contributed by atoms with E-state index in [1.54, 1.807) is 0 Å². The summed E-state index contributed by atoms with van der Waals surface area (Å²) in [7, 11) is 0. The van der Waals surface area contributed by atoms with Crippen LogP contribution in [0, 0.1) is 16.7 Å². The van der Waals surface area contributed by atoms with E-state index in [9.17, 15) is 9.59 Å². The number of aliphatic hydroxyl groups excluding tert-OH is 1. The molecule has 0 aliphatic heterocycles. The summed E-state index contributed by atoms with van der Waals surface area (Å²) in [5.41, 5.74) is -1.97. The molecule has 0 aromatic rings. The Morgan fingerprint density at radius 3 is 2.17 bits per heavy atom. The summed E-state index contributed by atoms with van der Waals surface area (Å²) in [4.78, 5) is 21.0. The van der Waals surface area contributed by atoms with Crippen molar-refractivity contribution in [3.63, 3.8) is 0 Å². The average molecular weight is 171 g/mol. The van der Waals surface area contributed by atoms with Crippen LogP contribution < -0.4 is 0 Å². The molecule has 1 atom stereocenters. The number of Topliss-reactive ketones (excluding diaryl/α,β-unsaturated/α-hetero) is 1. The van der Waals surface area contributed by atoms with Crippen LogP contribution in [0.2, 0.25) is 0 Å². The van der Waals surface area contributed by atoms with Crippen molar-refractivity contribution in [2.75, 3.05) is 6.61 Å². The molecule has 5 nitrogen and oxygen atoms in total. The molecule has 0 heterocycles. The van der Waals surface area contributed by atoms with E-state index >= 15 is 0 Å². The van der Waals surface area contributed by atoms with Crippen molar-refractivity contribution >= 4 is 11.8 Å². The van der Waals surface area contributed by atoms with Crippen molar-refractivity contribution in [1.29, 1.82) is 5.26 Å². The van der Waals surface area contributed by atoms with Gasteiger partial charge in [-0.05, 0) is 6.92 Å². The van der Waals surface area contributed by atoms with Crippen molar-refractivity contribution in [3.8, 4) is 6.07 Å². The van der Waals surface area contributed by atoms with Gasteiger partial charge >= 0.3 is 5.97 Å². The zero-order valence-electron chi connectivity index (χ0n) is 6.57. The highest BCUT2D eigenvalue weighted by Crippen LogP contribution is 2.20. The Bertz CT molecular complexity index is 242. The third-order valence-corrected chi connectivity index (χ3v) is 1.44. The molecule has 12 heavy (non-hydrogen) atoms. The van der Waals surface area contributed by atoms with E-state index in [0.29, 0.717) is 0 Å². The molecule has 0 aromatic heterocycles. The molecule has 1 unspecified atom stereocenters. The Labute approximate surface area is 69.2 Å². The SMILES string of the molecule is CC(=O)CC(C#N)(CO)C(=O)O. The molecule has 0 aliphatic rings. The minimum atomic E-state index is -1.97. The fourth-order valence-corrected chi connectivity index (χ4v) is 0.747. The molecular weight excluding hydrogens is 162 g/mol. The Kier molecular flexibility index (Phi) is 3.38. The molecule has 0 bridgehead atoms. The van der Waals surface area contributed by atoms with Crippen molar-refractivity contribution < 1.29 is 19.8 Å². The number of ketones is 1. The monoisotopic (exact) mass is 171 g/mol. The number of hydrogen-bond acceptors (Lipinski definition) is 4. The number of nitriles is 1. The summed E-state index contributed by atoms with van der Waals surface area (Å²) in [6, 6.07) is 1.43. The van der Waals surface area contributed by atoms with Gasteiger partial charge < -0.3 is 10.2 Å². The summed E-state index contributed by atoms with van der Waals surface area (Å²) in [6.07, 6.45) is -0.463. The van der Waals surface area contributed by atoms with Crippen LogP contribution in [0.25, 0.3) is 0 Å². The summed E-state index contributed by atoms with van der Waals surface area (Å²) in [5, 5.41) is 25.6. The predicted octanol–water partition coefficient (Wildman–Crippen LogP) is -0.448. The number of aliphatic carboxylic acids is 1. The highest BCUT2D eigenvalue weighted by molar-refractivity contribution is 5.87. The van der Waals surface area contributed by atoms with E-state index in [1.807, 2.05) is 0 Å².